The number of carbonyl (C=O) groups is 1. The first-order chi connectivity index (χ1) is 7.54. The van der Waals surface area contributed by atoms with Crippen molar-refractivity contribution in [3.05, 3.63) is 28.5 Å². The van der Waals surface area contributed by atoms with Crippen LogP contribution < -0.4 is 4.74 Å². The van der Waals surface area contributed by atoms with Crippen LogP contribution in [0, 0.1) is 5.82 Å². The highest BCUT2D eigenvalue weighted by molar-refractivity contribution is 9.10. The molecule has 1 unspecified atom stereocenters. The summed E-state index contributed by atoms with van der Waals surface area (Å²) < 4.78 is 23.5. The zero-order valence-electron chi connectivity index (χ0n) is 8.44. The molecular formula is C10H10BrFO4. The summed E-state index contributed by atoms with van der Waals surface area (Å²) in [5.41, 5.74) is 0. The fraction of sp³-hybridized carbons (Fsp3) is 0.300. The highest BCUT2D eigenvalue weighted by Gasteiger charge is 2.20. The first-order valence-corrected chi connectivity index (χ1v) is 5.17. The number of hydrogen-bond donors (Lipinski definition) is 1. The molecule has 88 valence electrons. The predicted octanol–water partition coefficient (Wildman–Crippen LogP) is 2.07. The Morgan fingerprint density at radius 2 is 2.31 bits per heavy atom. The molecular weight excluding hydrogens is 283 g/mol. The Hall–Kier alpha value is -1.14. The van der Waals surface area contributed by atoms with Crippen LogP contribution in [0.3, 0.4) is 0 Å². The van der Waals surface area contributed by atoms with Gasteiger partial charge in [0.1, 0.15) is 0 Å². The van der Waals surface area contributed by atoms with E-state index in [0.717, 1.165) is 0 Å². The fourth-order valence-corrected chi connectivity index (χ4v) is 1.36. The molecule has 0 bridgehead atoms. The Morgan fingerprint density at radius 3 is 2.81 bits per heavy atom. The minimum absolute atomic E-state index is 0.118. The minimum Gasteiger partial charge on any atom is -0.478 e. The van der Waals surface area contributed by atoms with Crippen molar-refractivity contribution in [3.8, 4) is 5.75 Å². The quantitative estimate of drug-likeness (QED) is 0.903. The largest absolute Gasteiger partial charge is 0.478 e. The second-order valence-electron chi connectivity index (χ2n) is 2.97. The average Bonchev–Trinajstić information content (AvgIpc) is 2.20. The topological polar surface area (TPSA) is 55.8 Å². The lowest BCUT2D eigenvalue weighted by Crippen LogP contribution is -2.31. The van der Waals surface area contributed by atoms with Crippen molar-refractivity contribution >= 4 is 21.9 Å². The van der Waals surface area contributed by atoms with E-state index in [1.165, 1.54) is 19.2 Å². The molecule has 1 aromatic carbocycles. The highest BCUT2D eigenvalue weighted by Crippen LogP contribution is 2.22. The van der Waals surface area contributed by atoms with Gasteiger partial charge in [-0.05, 0) is 18.2 Å². The van der Waals surface area contributed by atoms with Crippen molar-refractivity contribution < 1.29 is 23.8 Å². The summed E-state index contributed by atoms with van der Waals surface area (Å²) in [6.07, 6.45) is -1.22. The smallest absolute Gasteiger partial charge is 0.347 e. The van der Waals surface area contributed by atoms with Crippen molar-refractivity contribution in [2.75, 3.05) is 13.7 Å². The Kier molecular flexibility index (Phi) is 4.70. The van der Waals surface area contributed by atoms with Crippen molar-refractivity contribution in [1.82, 2.24) is 0 Å². The van der Waals surface area contributed by atoms with E-state index in [2.05, 4.69) is 20.7 Å². The van der Waals surface area contributed by atoms with Crippen molar-refractivity contribution in [2.45, 2.75) is 6.10 Å². The van der Waals surface area contributed by atoms with Crippen LogP contribution in [0.2, 0.25) is 0 Å². The molecule has 0 aliphatic rings. The highest BCUT2D eigenvalue weighted by atomic mass is 79.9. The summed E-state index contributed by atoms with van der Waals surface area (Å²) in [5, 5.41) is 8.77. The molecule has 1 aromatic rings. The first kappa shape index (κ1) is 12.9. The lowest BCUT2D eigenvalue weighted by molar-refractivity contribution is -0.147. The van der Waals surface area contributed by atoms with E-state index in [1.54, 1.807) is 6.07 Å². The number of carboxylic acid groups (broad SMARTS) is 1. The van der Waals surface area contributed by atoms with E-state index in [4.69, 9.17) is 9.84 Å². The van der Waals surface area contributed by atoms with Crippen LogP contribution in [0.1, 0.15) is 0 Å². The zero-order chi connectivity index (χ0) is 12.1. The van der Waals surface area contributed by atoms with Gasteiger partial charge in [0.2, 0.25) is 6.10 Å². The van der Waals surface area contributed by atoms with Crippen LogP contribution in [0.4, 0.5) is 4.39 Å². The standard InChI is InChI=1S/C10H10BrFO4/c1-15-5-9(10(13)14)16-8-3-2-6(11)4-7(8)12/h2-4,9H,5H2,1H3,(H,13,14). The molecule has 0 aliphatic carbocycles. The van der Waals surface area contributed by atoms with E-state index >= 15 is 0 Å². The minimum atomic E-state index is -1.22. The summed E-state index contributed by atoms with van der Waals surface area (Å²) >= 11 is 3.09. The first-order valence-electron chi connectivity index (χ1n) is 4.38. The molecule has 0 heterocycles. The van der Waals surface area contributed by atoms with Crippen LogP contribution in [-0.2, 0) is 9.53 Å². The van der Waals surface area contributed by atoms with E-state index in [-0.39, 0.29) is 12.4 Å². The molecule has 1 N–H and O–H groups in total. The van der Waals surface area contributed by atoms with Gasteiger partial charge in [-0.1, -0.05) is 15.9 Å². The number of benzene rings is 1. The summed E-state index contributed by atoms with van der Waals surface area (Å²) in [4.78, 5) is 10.7. The molecule has 0 saturated carbocycles. The van der Waals surface area contributed by atoms with E-state index in [0.29, 0.717) is 4.47 Å². The van der Waals surface area contributed by atoms with Gasteiger partial charge < -0.3 is 14.6 Å². The van der Waals surface area contributed by atoms with E-state index < -0.39 is 17.9 Å². The molecule has 16 heavy (non-hydrogen) atoms. The summed E-state index contributed by atoms with van der Waals surface area (Å²) in [6.45, 7) is -0.148. The zero-order valence-corrected chi connectivity index (χ0v) is 10.0. The van der Waals surface area contributed by atoms with Crippen molar-refractivity contribution in [3.63, 3.8) is 0 Å². The van der Waals surface area contributed by atoms with Gasteiger partial charge in [-0.15, -0.1) is 0 Å². The third-order valence-electron chi connectivity index (χ3n) is 1.76. The number of rotatable bonds is 5. The van der Waals surface area contributed by atoms with Gasteiger partial charge in [0, 0.05) is 11.6 Å². The molecule has 4 nitrogen and oxygen atoms in total. The molecule has 1 atom stereocenters. The number of carboxylic acids is 1. The molecule has 1 rings (SSSR count). The predicted molar refractivity (Wildman–Crippen MR) is 58.0 cm³/mol. The molecule has 0 radical (unpaired) electrons. The fourth-order valence-electron chi connectivity index (χ4n) is 1.03. The van der Waals surface area contributed by atoms with E-state index in [9.17, 15) is 9.18 Å². The summed E-state index contributed by atoms with van der Waals surface area (Å²) in [6, 6.07) is 4.11. The van der Waals surface area contributed by atoms with Crippen LogP contribution in [0.5, 0.6) is 5.75 Å². The normalized spacial score (nSPS) is 12.2. The Bertz CT molecular complexity index is 383. The maximum Gasteiger partial charge on any atom is 0.347 e. The molecule has 6 heteroatoms. The van der Waals surface area contributed by atoms with Crippen molar-refractivity contribution in [2.24, 2.45) is 0 Å². The summed E-state index contributed by atoms with van der Waals surface area (Å²) in [5.74, 6) is -1.95. The van der Waals surface area contributed by atoms with Gasteiger partial charge in [0.05, 0.1) is 6.61 Å². The Morgan fingerprint density at radius 1 is 1.62 bits per heavy atom. The number of hydrogen-bond acceptors (Lipinski definition) is 3. The van der Waals surface area contributed by atoms with Gasteiger partial charge >= 0.3 is 5.97 Å². The van der Waals surface area contributed by atoms with Crippen LogP contribution in [-0.4, -0.2) is 30.9 Å². The van der Waals surface area contributed by atoms with Crippen LogP contribution in [0.25, 0.3) is 0 Å². The third-order valence-corrected chi connectivity index (χ3v) is 2.25. The van der Waals surface area contributed by atoms with Gasteiger partial charge in [0.25, 0.3) is 0 Å². The number of methoxy groups -OCH3 is 1. The van der Waals surface area contributed by atoms with Crippen LogP contribution >= 0.6 is 15.9 Å². The van der Waals surface area contributed by atoms with Crippen molar-refractivity contribution in [1.29, 1.82) is 0 Å². The lowest BCUT2D eigenvalue weighted by Gasteiger charge is -2.14. The molecule has 0 aliphatic heterocycles. The Labute approximate surface area is 100 Å². The van der Waals surface area contributed by atoms with Gasteiger partial charge in [-0.3, -0.25) is 0 Å². The molecule has 0 fully saturated rings. The van der Waals surface area contributed by atoms with Crippen LogP contribution in [0.15, 0.2) is 22.7 Å². The molecule has 0 amide bonds. The molecule has 0 aromatic heterocycles. The Balaban J connectivity index is 2.81. The summed E-state index contributed by atoms with van der Waals surface area (Å²) in [7, 11) is 1.34. The van der Waals surface area contributed by atoms with Gasteiger partial charge in [0.15, 0.2) is 11.6 Å². The SMILES string of the molecule is COCC(Oc1ccc(Br)cc1F)C(=O)O. The monoisotopic (exact) mass is 292 g/mol. The molecule has 0 spiro atoms. The molecule has 0 saturated heterocycles. The maximum atomic E-state index is 13.3. The average molecular weight is 293 g/mol. The second kappa shape index (κ2) is 5.81. The maximum absolute atomic E-state index is 13.3. The second-order valence-corrected chi connectivity index (χ2v) is 3.89. The lowest BCUT2D eigenvalue weighted by atomic mass is 10.3. The van der Waals surface area contributed by atoms with E-state index in [1.807, 2.05) is 0 Å². The van der Waals surface area contributed by atoms with Gasteiger partial charge in [-0.25, -0.2) is 9.18 Å². The number of ether oxygens (including phenoxy) is 2. The number of aliphatic carboxylic acids is 1. The van der Waals surface area contributed by atoms with Gasteiger partial charge in [-0.2, -0.15) is 0 Å². The number of halogens is 2. The third kappa shape index (κ3) is 3.46.